The molecule has 2 rings (SSSR count). The first kappa shape index (κ1) is 11.5. The number of imidazole rings is 1. The van der Waals surface area contributed by atoms with Crippen LogP contribution >= 0.6 is 15.9 Å². The summed E-state index contributed by atoms with van der Waals surface area (Å²) in [5.41, 5.74) is 0. The molecule has 0 spiro atoms. The van der Waals surface area contributed by atoms with E-state index in [1.165, 1.54) is 30.4 Å². The highest BCUT2D eigenvalue weighted by Crippen LogP contribution is 2.21. The first-order chi connectivity index (χ1) is 8.11. The molecule has 0 saturated heterocycles. The van der Waals surface area contributed by atoms with Crippen LogP contribution in [0.25, 0.3) is 5.95 Å². The van der Waals surface area contributed by atoms with Gasteiger partial charge in [0.25, 0.3) is 0 Å². The molecule has 0 aliphatic carbocycles. The lowest BCUT2D eigenvalue weighted by atomic mass is 10.6. The van der Waals surface area contributed by atoms with Crippen LogP contribution in [0.2, 0.25) is 0 Å². The molecule has 0 radical (unpaired) electrons. The Morgan fingerprint density at radius 3 is 2.88 bits per heavy atom. The summed E-state index contributed by atoms with van der Waals surface area (Å²) in [5.74, 6) is 0.312. The molecular formula is C8H6BrN5O3. The summed E-state index contributed by atoms with van der Waals surface area (Å²) in [6.07, 6.45) is 3.98. The fraction of sp³-hybridized carbons (Fsp3) is 0.125. The lowest BCUT2D eigenvalue weighted by molar-refractivity contribution is -0.389. The topological polar surface area (TPSA) is 96.0 Å². The molecular weight excluding hydrogens is 294 g/mol. The Bertz CT molecular complexity index is 570. The lowest BCUT2D eigenvalue weighted by Crippen LogP contribution is -2.00. The van der Waals surface area contributed by atoms with E-state index in [4.69, 9.17) is 4.74 Å². The molecule has 2 heterocycles. The van der Waals surface area contributed by atoms with Crippen molar-refractivity contribution in [2.45, 2.75) is 0 Å². The Kier molecular flexibility index (Phi) is 3.00. The SMILES string of the molecule is COc1nc(-n2cnc([N+](=O)[O-])c2)ncc1Br. The minimum atomic E-state index is -0.591. The number of hydrogen-bond donors (Lipinski definition) is 0. The fourth-order valence-corrected chi connectivity index (χ4v) is 1.48. The second-order valence-corrected chi connectivity index (χ2v) is 3.78. The molecule has 0 aromatic carbocycles. The molecule has 0 fully saturated rings. The maximum absolute atomic E-state index is 10.5. The van der Waals surface area contributed by atoms with Crippen LogP contribution in [-0.4, -0.2) is 31.6 Å². The van der Waals surface area contributed by atoms with Crippen molar-refractivity contribution < 1.29 is 9.66 Å². The van der Waals surface area contributed by atoms with E-state index < -0.39 is 4.92 Å². The molecule has 2 aromatic heterocycles. The number of halogens is 1. The maximum Gasteiger partial charge on any atom is 0.382 e. The molecule has 0 N–H and O–H groups in total. The van der Waals surface area contributed by atoms with Gasteiger partial charge in [0, 0.05) is 0 Å². The number of methoxy groups -OCH3 is 1. The van der Waals surface area contributed by atoms with Crippen molar-refractivity contribution in [1.82, 2.24) is 19.5 Å². The van der Waals surface area contributed by atoms with E-state index in [1.807, 2.05) is 0 Å². The van der Waals surface area contributed by atoms with Gasteiger partial charge in [-0.1, -0.05) is 0 Å². The van der Waals surface area contributed by atoms with Gasteiger partial charge in [-0.2, -0.15) is 4.98 Å². The summed E-state index contributed by atoms with van der Waals surface area (Å²) in [4.78, 5) is 21.5. The first-order valence-electron chi connectivity index (χ1n) is 4.37. The highest BCUT2D eigenvalue weighted by atomic mass is 79.9. The fourth-order valence-electron chi connectivity index (χ4n) is 1.13. The number of nitro groups is 1. The number of nitrogens with zero attached hydrogens (tertiary/aromatic N) is 5. The van der Waals surface area contributed by atoms with Crippen molar-refractivity contribution in [2.24, 2.45) is 0 Å². The zero-order chi connectivity index (χ0) is 12.4. The van der Waals surface area contributed by atoms with Crippen LogP contribution in [-0.2, 0) is 0 Å². The third-order valence-corrected chi connectivity index (χ3v) is 2.42. The third-order valence-electron chi connectivity index (χ3n) is 1.88. The zero-order valence-corrected chi connectivity index (χ0v) is 10.2. The number of aromatic nitrogens is 4. The summed E-state index contributed by atoms with van der Waals surface area (Å²) in [6, 6.07) is 0. The summed E-state index contributed by atoms with van der Waals surface area (Å²) in [5, 5.41) is 10.5. The van der Waals surface area contributed by atoms with Gasteiger partial charge in [-0.3, -0.25) is 0 Å². The molecule has 0 saturated carbocycles. The monoisotopic (exact) mass is 299 g/mol. The van der Waals surface area contributed by atoms with Crippen LogP contribution in [0.4, 0.5) is 5.82 Å². The van der Waals surface area contributed by atoms with Crippen LogP contribution in [0.3, 0.4) is 0 Å². The lowest BCUT2D eigenvalue weighted by Gasteiger charge is -2.03. The van der Waals surface area contributed by atoms with Crippen LogP contribution in [0.15, 0.2) is 23.2 Å². The molecule has 0 bridgehead atoms. The van der Waals surface area contributed by atoms with Gasteiger partial charge in [0.2, 0.25) is 18.2 Å². The van der Waals surface area contributed by atoms with Crippen molar-refractivity contribution in [3.05, 3.63) is 33.3 Å². The van der Waals surface area contributed by atoms with Crippen molar-refractivity contribution in [2.75, 3.05) is 7.11 Å². The van der Waals surface area contributed by atoms with Gasteiger partial charge >= 0.3 is 5.82 Å². The van der Waals surface area contributed by atoms with Crippen molar-refractivity contribution in [3.8, 4) is 11.8 Å². The minimum Gasteiger partial charge on any atom is -0.480 e. The normalized spacial score (nSPS) is 10.2. The molecule has 17 heavy (non-hydrogen) atoms. The summed E-state index contributed by atoms with van der Waals surface area (Å²) in [6.45, 7) is 0. The van der Waals surface area contributed by atoms with Crippen molar-refractivity contribution >= 4 is 21.7 Å². The van der Waals surface area contributed by atoms with E-state index in [1.54, 1.807) is 0 Å². The Labute approximate surface area is 104 Å². The van der Waals surface area contributed by atoms with Gasteiger partial charge < -0.3 is 14.9 Å². The van der Waals surface area contributed by atoms with E-state index in [0.29, 0.717) is 10.4 Å². The average molecular weight is 300 g/mol. The average Bonchev–Trinajstić information content (AvgIpc) is 2.79. The summed E-state index contributed by atoms with van der Waals surface area (Å²) >= 11 is 3.21. The smallest absolute Gasteiger partial charge is 0.382 e. The van der Waals surface area contributed by atoms with E-state index in [0.717, 1.165) is 0 Å². The summed E-state index contributed by atoms with van der Waals surface area (Å²) < 4.78 is 6.93. The van der Waals surface area contributed by atoms with E-state index >= 15 is 0 Å². The highest BCUT2D eigenvalue weighted by Gasteiger charge is 2.13. The largest absolute Gasteiger partial charge is 0.480 e. The predicted octanol–water partition coefficient (Wildman–Crippen LogP) is 1.34. The molecule has 8 nitrogen and oxygen atoms in total. The highest BCUT2D eigenvalue weighted by molar-refractivity contribution is 9.10. The van der Waals surface area contributed by atoms with Crippen LogP contribution in [0.1, 0.15) is 0 Å². The number of ether oxygens (including phenoxy) is 1. The maximum atomic E-state index is 10.5. The predicted molar refractivity (Wildman–Crippen MR) is 60.1 cm³/mol. The second kappa shape index (κ2) is 4.45. The van der Waals surface area contributed by atoms with Crippen LogP contribution in [0, 0.1) is 10.1 Å². The summed E-state index contributed by atoms with van der Waals surface area (Å²) in [7, 11) is 1.47. The molecule has 2 aromatic rings. The van der Waals surface area contributed by atoms with Gasteiger partial charge in [-0.15, -0.1) is 0 Å². The van der Waals surface area contributed by atoms with Crippen molar-refractivity contribution in [1.29, 1.82) is 0 Å². The van der Waals surface area contributed by atoms with Gasteiger partial charge in [-0.05, 0) is 25.8 Å². The van der Waals surface area contributed by atoms with Crippen LogP contribution < -0.4 is 4.74 Å². The second-order valence-electron chi connectivity index (χ2n) is 2.92. The Morgan fingerprint density at radius 1 is 1.53 bits per heavy atom. The Hall–Kier alpha value is -2.03. The molecule has 0 unspecified atom stereocenters. The number of hydrogen-bond acceptors (Lipinski definition) is 6. The Morgan fingerprint density at radius 2 is 2.29 bits per heavy atom. The zero-order valence-electron chi connectivity index (χ0n) is 8.57. The van der Waals surface area contributed by atoms with Gasteiger partial charge in [-0.25, -0.2) is 9.55 Å². The van der Waals surface area contributed by atoms with E-state index in [2.05, 4.69) is 30.9 Å². The first-order valence-corrected chi connectivity index (χ1v) is 5.16. The quantitative estimate of drug-likeness (QED) is 0.627. The number of rotatable bonds is 3. The molecule has 0 aliphatic rings. The van der Waals surface area contributed by atoms with Crippen LogP contribution in [0.5, 0.6) is 5.88 Å². The standard InChI is InChI=1S/C8H6BrN5O3/c1-17-7-5(9)2-10-8(12-7)13-3-6(11-4-13)14(15)16/h2-4H,1H3. The Balaban J connectivity index is 2.42. The van der Waals surface area contributed by atoms with E-state index in [-0.39, 0.29) is 11.8 Å². The molecule has 0 aliphatic heterocycles. The molecule has 0 amide bonds. The molecule has 88 valence electrons. The van der Waals surface area contributed by atoms with Crippen molar-refractivity contribution in [3.63, 3.8) is 0 Å². The molecule has 0 atom stereocenters. The minimum absolute atomic E-state index is 0.241. The van der Waals surface area contributed by atoms with Gasteiger partial charge in [0.05, 0.1) is 17.8 Å². The van der Waals surface area contributed by atoms with Gasteiger partial charge in [0.1, 0.15) is 6.20 Å². The van der Waals surface area contributed by atoms with E-state index in [9.17, 15) is 10.1 Å². The third kappa shape index (κ3) is 2.23. The van der Waals surface area contributed by atoms with Gasteiger partial charge in [0.15, 0.2) is 0 Å². The molecule has 9 heteroatoms.